The summed E-state index contributed by atoms with van der Waals surface area (Å²) in [6.07, 6.45) is 2.54. The predicted octanol–water partition coefficient (Wildman–Crippen LogP) is 1.35. The van der Waals surface area contributed by atoms with Crippen LogP contribution >= 0.6 is 0 Å². The lowest BCUT2D eigenvalue weighted by atomic mass is 10.1. The molecule has 1 fully saturated rings. The Kier molecular flexibility index (Phi) is 1.81. The molecule has 0 bridgehead atoms. The van der Waals surface area contributed by atoms with Crippen molar-refractivity contribution in [1.29, 1.82) is 0 Å². The summed E-state index contributed by atoms with van der Waals surface area (Å²) in [5.41, 5.74) is 0.880. The highest BCUT2D eigenvalue weighted by molar-refractivity contribution is 6.15. The fourth-order valence-electron chi connectivity index (χ4n) is 1.92. The van der Waals surface area contributed by atoms with Crippen LogP contribution in [0.4, 0.5) is 0 Å². The topological polar surface area (TPSA) is 37.4 Å². The highest BCUT2D eigenvalue weighted by Gasteiger charge is 2.48. The summed E-state index contributed by atoms with van der Waals surface area (Å²) >= 11 is 0. The highest BCUT2D eigenvalue weighted by atomic mass is 16.2. The lowest BCUT2D eigenvalue weighted by molar-refractivity contribution is -0.137. The summed E-state index contributed by atoms with van der Waals surface area (Å²) in [6.45, 7) is 6.63. The number of nitrogens with zero attached hydrogens (tertiary/aromatic N) is 1. The van der Waals surface area contributed by atoms with Gasteiger partial charge in [0.15, 0.2) is 0 Å². The van der Waals surface area contributed by atoms with Crippen molar-refractivity contribution in [2.45, 2.75) is 27.2 Å². The minimum absolute atomic E-state index is 0.113. The third-order valence-corrected chi connectivity index (χ3v) is 3.31. The maximum atomic E-state index is 11.5. The van der Waals surface area contributed by atoms with Gasteiger partial charge < -0.3 is 0 Å². The fraction of sp³-hybridized carbons (Fsp3) is 0.636. The molecule has 76 valence electrons. The van der Waals surface area contributed by atoms with Crippen LogP contribution in [0.3, 0.4) is 0 Å². The molecule has 1 aliphatic heterocycles. The Morgan fingerprint density at radius 1 is 1.50 bits per heavy atom. The number of hydrogen-bond acceptors (Lipinski definition) is 2. The molecule has 3 heteroatoms. The monoisotopic (exact) mass is 193 g/mol. The largest absolute Gasteiger partial charge is 0.275 e. The number of rotatable bonds is 2. The molecule has 0 aromatic rings. The van der Waals surface area contributed by atoms with Crippen LogP contribution < -0.4 is 0 Å². The molecule has 1 saturated carbocycles. The second-order valence-electron chi connectivity index (χ2n) is 4.97. The van der Waals surface area contributed by atoms with E-state index in [2.05, 4.69) is 13.8 Å². The van der Waals surface area contributed by atoms with Gasteiger partial charge in [-0.3, -0.25) is 14.5 Å². The maximum Gasteiger partial charge on any atom is 0.256 e. The summed E-state index contributed by atoms with van der Waals surface area (Å²) in [5, 5.41) is 0. The first-order valence-corrected chi connectivity index (χ1v) is 4.96. The number of carbonyl (C=O) groups excluding carboxylic acids is 2. The first-order chi connectivity index (χ1) is 6.42. The molecule has 0 radical (unpaired) electrons. The number of carbonyl (C=O) groups is 2. The van der Waals surface area contributed by atoms with Crippen molar-refractivity contribution in [2.75, 3.05) is 6.54 Å². The van der Waals surface area contributed by atoms with Gasteiger partial charge in [-0.05, 0) is 24.7 Å². The SMILES string of the molecule is CC1=CC(=O)N(CC2CC2(C)C)C1=O. The molecule has 0 spiro atoms. The first kappa shape index (κ1) is 9.44. The van der Waals surface area contributed by atoms with E-state index in [1.165, 1.54) is 11.0 Å². The van der Waals surface area contributed by atoms with Gasteiger partial charge in [0.2, 0.25) is 0 Å². The third-order valence-electron chi connectivity index (χ3n) is 3.31. The van der Waals surface area contributed by atoms with Crippen LogP contribution in [0.25, 0.3) is 0 Å². The van der Waals surface area contributed by atoms with Gasteiger partial charge in [-0.25, -0.2) is 0 Å². The summed E-state index contributed by atoms with van der Waals surface area (Å²) < 4.78 is 0. The lowest BCUT2D eigenvalue weighted by Gasteiger charge is -2.15. The van der Waals surface area contributed by atoms with Gasteiger partial charge in [0.05, 0.1) is 0 Å². The Balaban J connectivity index is 2.01. The van der Waals surface area contributed by atoms with Gasteiger partial charge in [-0.2, -0.15) is 0 Å². The zero-order valence-electron chi connectivity index (χ0n) is 8.83. The molecular formula is C11H15NO2. The molecule has 1 atom stereocenters. The Morgan fingerprint density at radius 2 is 2.07 bits per heavy atom. The van der Waals surface area contributed by atoms with E-state index in [0.29, 0.717) is 23.5 Å². The molecule has 2 aliphatic rings. The zero-order valence-corrected chi connectivity index (χ0v) is 8.83. The molecule has 2 amide bonds. The number of hydrogen-bond donors (Lipinski definition) is 0. The molecule has 0 N–H and O–H groups in total. The molecule has 2 rings (SSSR count). The molecule has 0 aromatic carbocycles. The lowest BCUT2D eigenvalue weighted by Crippen LogP contribution is -2.33. The van der Waals surface area contributed by atoms with Crippen LogP contribution in [0.5, 0.6) is 0 Å². The van der Waals surface area contributed by atoms with Gasteiger partial charge in [0, 0.05) is 18.2 Å². The van der Waals surface area contributed by atoms with Crippen molar-refractivity contribution in [3.8, 4) is 0 Å². The van der Waals surface area contributed by atoms with Crippen molar-refractivity contribution in [3.63, 3.8) is 0 Å². The smallest absolute Gasteiger partial charge is 0.256 e. The van der Waals surface area contributed by atoms with Crippen LogP contribution in [0.1, 0.15) is 27.2 Å². The van der Waals surface area contributed by atoms with Crippen LogP contribution in [-0.4, -0.2) is 23.3 Å². The van der Waals surface area contributed by atoms with Gasteiger partial charge in [0.1, 0.15) is 0 Å². The predicted molar refractivity (Wildman–Crippen MR) is 52.4 cm³/mol. The fourth-order valence-corrected chi connectivity index (χ4v) is 1.92. The average molecular weight is 193 g/mol. The van der Waals surface area contributed by atoms with E-state index in [1.54, 1.807) is 6.92 Å². The van der Waals surface area contributed by atoms with Gasteiger partial charge in [-0.15, -0.1) is 0 Å². The first-order valence-electron chi connectivity index (χ1n) is 4.96. The van der Waals surface area contributed by atoms with Crippen molar-refractivity contribution in [1.82, 2.24) is 4.90 Å². The quantitative estimate of drug-likeness (QED) is 0.621. The van der Waals surface area contributed by atoms with E-state index >= 15 is 0 Å². The normalized spacial score (nSPS) is 29.5. The van der Waals surface area contributed by atoms with Crippen LogP contribution in [0.2, 0.25) is 0 Å². The number of imide groups is 1. The van der Waals surface area contributed by atoms with Gasteiger partial charge in [0.25, 0.3) is 11.8 Å². The third kappa shape index (κ3) is 1.37. The Hall–Kier alpha value is -1.12. The molecule has 14 heavy (non-hydrogen) atoms. The van der Waals surface area contributed by atoms with Gasteiger partial charge >= 0.3 is 0 Å². The molecule has 0 saturated heterocycles. The summed E-state index contributed by atoms with van der Waals surface area (Å²) in [6, 6.07) is 0. The Labute approximate surface area is 83.8 Å². The summed E-state index contributed by atoms with van der Waals surface area (Å²) in [7, 11) is 0. The van der Waals surface area contributed by atoms with Crippen LogP contribution in [0.15, 0.2) is 11.6 Å². The molecule has 1 heterocycles. The maximum absolute atomic E-state index is 11.5. The molecular weight excluding hydrogens is 178 g/mol. The second-order valence-corrected chi connectivity index (χ2v) is 4.97. The van der Waals surface area contributed by atoms with E-state index in [-0.39, 0.29) is 11.8 Å². The Bertz CT molecular complexity index is 341. The van der Waals surface area contributed by atoms with Crippen molar-refractivity contribution in [2.24, 2.45) is 11.3 Å². The summed E-state index contributed by atoms with van der Waals surface area (Å²) in [5.74, 6) is 0.239. The minimum atomic E-state index is -0.143. The van der Waals surface area contributed by atoms with Crippen LogP contribution in [-0.2, 0) is 9.59 Å². The molecule has 1 aliphatic carbocycles. The van der Waals surface area contributed by atoms with E-state index in [0.717, 1.165) is 6.42 Å². The van der Waals surface area contributed by atoms with Crippen LogP contribution in [0, 0.1) is 11.3 Å². The molecule has 3 nitrogen and oxygen atoms in total. The van der Waals surface area contributed by atoms with Crippen molar-refractivity contribution >= 4 is 11.8 Å². The van der Waals surface area contributed by atoms with E-state index < -0.39 is 0 Å². The van der Waals surface area contributed by atoms with Gasteiger partial charge in [-0.1, -0.05) is 13.8 Å². The van der Waals surface area contributed by atoms with E-state index in [4.69, 9.17) is 0 Å². The van der Waals surface area contributed by atoms with Crippen molar-refractivity contribution < 1.29 is 9.59 Å². The second kappa shape index (κ2) is 2.69. The average Bonchev–Trinajstić information content (AvgIpc) is 2.60. The van der Waals surface area contributed by atoms with E-state index in [9.17, 15) is 9.59 Å². The Morgan fingerprint density at radius 3 is 2.43 bits per heavy atom. The molecule has 0 aromatic heterocycles. The summed E-state index contributed by atoms with van der Waals surface area (Å²) in [4.78, 5) is 24.3. The standard InChI is InChI=1S/C11H15NO2/c1-7-4-9(13)12(10(7)14)6-8-5-11(8,2)3/h4,8H,5-6H2,1-3H3. The number of amides is 2. The van der Waals surface area contributed by atoms with Crippen molar-refractivity contribution in [3.05, 3.63) is 11.6 Å². The molecule has 1 unspecified atom stereocenters. The zero-order chi connectivity index (χ0) is 10.5. The van der Waals surface area contributed by atoms with E-state index in [1.807, 2.05) is 0 Å². The highest BCUT2D eigenvalue weighted by Crippen LogP contribution is 2.52. The minimum Gasteiger partial charge on any atom is -0.275 e.